The molecule has 2 aromatic rings. The number of nitrogens with zero attached hydrogens (tertiary/aromatic N) is 4. The van der Waals surface area contributed by atoms with E-state index in [1.807, 2.05) is 11.0 Å². The highest BCUT2D eigenvalue weighted by atomic mass is 32.2. The Morgan fingerprint density at radius 3 is 2.81 bits per heavy atom. The highest BCUT2D eigenvalue weighted by molar-refractivity contribution is 7.99. The number of fused-ring (bicyclic) bond motifs is 1. The average Bonchev–Trinajstić information content (AvgIpc) is 2.53. The Labute approximate surface area is 126 Å². The number of likely N-dealkylation sites (tertiary alicyclic amines) is 1. The number of pyridine rings is 1. The molecule has 0 unspecified atom stereocenters. The largest absolute Gasteiger partial charge is 0.355 e. The number of carbonyl (C=O) groups excluding carboxylic acids is 1. The van der Waals surface area contributed by atoms with Crippen molar-refractivity contribution in [3.63, 3.8) is 0 Å². The molecule has 0 radical (unpaired) electrons. The third kappa shape index (κ3) is 3.24. The Morgan fingerprint density at radius 2 is 2.00 bits per heavy atom. The lowest BCUT2D eigenvalue weighted by Crippen LogP contribution is -2.36. The lowest BCUT2D eigenvalue weighted by molar-refractivity contribution is -0.129. The summed E-state index contributed by atoms with van der Waals surface area (Å²) < 4.78 is 1.39. The number of rotatable bonds is 3. The fourth-order valence-corrected chi connectivity index (χ4v) is 3.11. The van der Waals surface area contributed by atoms with Crippen LogP contribution in [0.5, 0.6) is 0 Å². The number of amides is 1. The van der Waals surface area contributed by atoms with Gasteiger partial charge in [0.2, 0.25) is 5.91 Å². The molecule has 110 valence electrons. The van der Waals surface area contributed by atoms with Crippen molar-refractivity contribution in [2.45, 2.75) is 24.4 Å². The van der Waals surface area contributed by atoms with E-state index in [1.54, 1.807) is 18.3 Å². The minimum Gasteiger partial charge on any atom is -0.342 e. The maximum absolute atomic E-state index is 12.1. The summed E-state index contributed by atoms with van der Waals surface area (Å²) in [5.41, 5.74) is 0.180. The number of hydrogen-bond donors (Lipinski definition) is 0. The molecule has 6 nitrogen and oxygen atoms in total. The molecule has 1 saturated heterocycles. The molecule has 1 aliphatic heterocycles. The topological polar surface area (TPSA) is 67.6 Å². The first kappa shape index (κ1) is 14.1. The van der Waals surface area contributed by atoms with Crippen LogP contribution in [0.4, 0.5) is 0 Å². The number of aromatic nitrogens is 3. The van der Waals surface area contributed by atoms with E-state index in [2.05, 4.69) is 9.97 Å². The van der Waals surface area contributed by atoms with Gasteiger partial charge in [0.1, 0.15) is 5.65 Å². The fraction of sp³-hybridized carbons (Fsp3) is 0.429. The maximum atomic E-state index is 12.1. The van der Waals surface area contributed by atoms with Crippen LogP contribution in [-0.4, -0.2) is 44.0 Å². The maximum Gasteiger partial charge on any atom is 0.355 e. The van der Waals surface area contributed by atoms with Gasteiger partial charge in [0, 0.05) is 19.3 Å². The van der Waals surface area contributed by atoms with Crippen molar-refractivity contribution < 1.29 is 4.79 Å². The third-order valence-corrected chi connectivity index (χ3v) is 4.31. The number of carbonyl (C=O) groups is 1. The molecule has 0 bridgehead atoms. The molecule has 3 rings (SSSR count). The molecule has 1 aliphatic rings. The lowest BCUT2D eigenvalue weighted by Gasteiger charge is -2.26. The van der Waals surface area contributed by atoms with E-state index >= 15 is 0 Å². The van der Waals surface area contributed by atoms with Gasteiger partial charge in [-0.25, -0.2) is 9.78 Å². The van der Waals surface area contributed by atoms with E-state index in [4.69, 9.17) is 0 Å². The van der Waals surface area contributed by atoms with E-state index in [-0.39, 0.29) is 17.3 Å². The van der Waals surface area contributed by atoms with Gasteiger partial charge >= 0.3 is 5.69 Å². The molecule has 0 N–H and O–H groups in total. The summed E-state index contributed by atoms with van der Waals surface area (Å²) in [5, 5.41) is 0.358. The van der Waals surface area contributed by atoms with Gasteiger partial charge in [-0.05, 0) is 31.4 Å². The van der Waals surface area contributed by atoms with Crippen molar-refractivity contribution in [3.8, 4) is 0 Å². The van der Waals surface area contributed by atoms with Gasteiger partial charge in [0.05, 0.1) is 5.75 Å². The summed E-state index contributed by atoms with van der Waals surface area (Å²) in [6.07, 6.45) is 4.97. The lowest BCUT2D eigenvalue weighted by atomic mass is 10.1. The molecule has 3 heterocycles. The molecule has 0 aromatic carbocycles. The fourth-order valence-electron chi connectivity index (χ4n) is 2.37. The Hall–Kier alpha value is -1.89. The Kier molecular flexibility index (Phi) is 4.19. The smallest absolute Gasteiger partial charge is 0.342 e. The van der Waals surface area contributed by atoms with Crippen LogP contribution in [0.3, 0.4) is 0 Å². The van der Waals surface area contributed by atoms with E-state index in [0.717, 1.165) is 25.9 Å². The molecule has 1 amide bonds. The molecule has 21 heavy (non-hydrogen) atoms. The van der Waals surface area contributed by atoms with Crippen molar-refractivity contribution in [2.24, 2.45) is 0 Å². The van der Waals surface area contributed by atoms with Crippen LogP contribution in [0.1, 0.15) is 19.3 Å². The molecule has 7 heteroatoms. The first-order valence-electron chi connectivity index (χ1n) is 7.00. The van der Waals surface area contributed by atoms with E-state index in [9.17, 15) is 9.59 Å². The SMILES string of the molecule is O=C(CSc1nc(=O)n2ccccc2n1)N1CCCCC1. The molecule has 2 aromatic heterocycles. The van der Waals surface area contributed by atoms with Gasteiger partial charge in [-0.2, -0.15) is 4.98 Å². The molecule has 0 saturated carbocycles. The second-order valence-corrected chi connectivity index (χ2v) is 5.89. The Morgan fingerprint density at radius 1 is 1.19 bits per heavy atom. The van der Waals surface area contributed by atoms with Crippen LogP contribution in [-0.2, 0) is 4.79 Å². The average molecular weight is 304 g/mol. The number of thioether (sulfide) groups is 1. The summed E-state index contributed by atoms with van der Waals surface area (Å²) in [4.78, 5) is 34.0. The quantitative estimate of drug-likeness (QED) is 0.797. The van der Waals surface area contributed by atoms with Gasteiger partial charge in [0.15, 0.2) is 5.16 Å². The summed E-state index contributed by atoms with van der Waals surface area (Å²) in [7, 11) is 0. The van der Waals surface area contributed by atoms with Crippen LogP contribution < -0.4 is 5.69 Å². The van der Waals surface area contributed by atoms with Crippen LogP contribution in [0.15, 0.2) is 34.3 Å². The van der Waals surface area contributed by atoms with Crippen molar-refractivity contribution in [1.82, 2.24) is 19.3 Å². The van der Waals surface area contributed by atoms with Crippen molar-refractivity contribution in [2.75, 3.05) is 18.8 Å². The van der Waals surface area contributed by atoms with Crippen molar-refractivity contribution >= 4 is 23.3 Å². The van der Waals surface area contributed by atoms with Crippen LogP contribution >= 0.6 is 11.8 Å². The summed E-state index contributed by atoms with van der Waals surface area (Å²) in [6, 6.07) is 5.32. The second kappa shape index (κ2) is 6.26. The molecular weight excluding hydrogens is 288 g/mol. The summed E-state index contributed by atoms with van der Waals surface area (Å²) in [5.74, 6) is 0.374. The molecule has 0 atom stereocenters. The van der Waals surface area contributed by atoms with Crippen LogP contribution in [0.2, 0.25) is 0 Å². The number of hydrogen-bond acceptors (Lipinski definition) is 5. The number of piperidine rings is 1. The predicted octanol–water partition coefficient (Wildman–Crippen LogP) is 1.19. The third-order valence-electron chi connectivity index (χ3n) is 3.48. The second-order valence-electron chi connectivity index (χ2n) is 4.95. The first-order chi connectivity index (χ1) is 10.2. The van der Waals surface area contributed by atoms with Gasteiger partial charge in [-0.15, -0.1) is 0 Å². The molecule has 0 spiro atoms. The molecular formula is C14H16N4O2S. The monoisotopic (exact) mass is 304 g/mol. The van der Waals surface area contributed by atoms with Gasteiger partial charge < -0.3 is 4.90 Å². The van der Waals surface area contributed by atoms with E-state index in [1.165, 1.54) is 22.6 Å². The van der Waals surface area contributed by atoms with Crippen LogP contribution in [0, 0.1) is 0 Å². The summed E-state index contributed by atoms with van der Waals surface area (Å²) >= 11 is 1.22. The zero-order valence-corrected chi connectivity index (χ0v) is 12.4. The predicted molar refractivity (Wildman–Crippen MR) is 80.4 cm³/mol. The van der Waals surface area contributed by atoms with Gasteiger partial charge in [-0.1, -0.05) is 17.8 Å². The van der Waals surface area contributed by atoms with Crippen LogP contribution in [0.25, 0.3) is 5.65 Å². The highest BCUT2D eigenvalue weighted by Crippen LogP contribution is 2.15. The zero-order chi connectivity index (χ0) is 14.7. The Bertz CT molecular complexity index is 709. The highest BCUT2D eigenvalue weighted by Gasteiger charge is 2.17. The molecule has 0 aliphatic carbocycles. The molecule has 1 fully saturated rings. The Balaban J connectivity index is 1.70. The minimum atomic E-state index is -0.367. The van der Waals surface area contributed by atoms with Gasteiger partial charge in [0.25, 0.3) is 0 Å². The summed E-state index contributed by atoms with van der Waals surface area (Å²) in [6.45, 7) is 1.67. The van der Waals surface area contributed by atoms with Crippen molar-refractivity contribution in [3.05, 3.63) is 34.9 Å². The normalized spacial score (nSPS) is 15.3. The minimum absolute atomic E-state index is 0.0940. The van der Waals surface area contributed by atoms with E-state index < -0.39 is 0 Å². The van der Waals surface area contributed by atoms with Crippen molar-refractivity contribution in [1.29, 1.82) is 0 Å². The van der Waals surface area contributed by atoms with E-state index in [0.29, 0.717) is 10.8 Å². The van der Waals surface area contributed by atoms with Gasteiger partial charge in [-0.3, -0.25) is 9.20 Å². The standard InChI is InChI=1S/C14H16N4O2S/c19-12(17-7-3-1-4-8-17)10-21-13-15-11-6-2-5-9-18(11)14(20)16-13/h2,5-6,9H,1,3-4,7-8,10H2. The zero-order valence-electron chi connectivity index (χ0n) is 11.6. The first-order valence-corrected chi connectivity index (χ1v) is 7.98.